The molecular formula is C24H22ClFN4O3. The van der Waals surface area contributed by atoms with Crippen molar-refractivity contribution in [1.82, 2.24) is 19.7 Å². The molecule has 1 aliphatic rings. The minimum Gasteiger partial charge on any atom is -0.493 e. The first-order valence-electron chi connectivity index (χ1n) is 10.8. The molecule has 4 heterocycles. The van der Waals surface area contributed by atoms with Crippen LogP contribution in [0, 0.1) is 11.9 Å². The summed E-state index contributed by atoms with van der Waals surface area (Å²) in [6.07, 6.45) is 5.18. The molecule has 0 bridgehead atoms. The number of aromatic nitrogens is 4. The highest BCUT2D eigenvalue weighted by Gasteiger charge is 2.29. The van der Waals surface area contributed by atoms with Gasteiger partial charge >= 0.3 is 0 Å². The molecular weight excluding hydrogens is 447 g/mol. The van der Waals surface area contributed by atoms with E-state index in [0.29, 0.717) is 46.6 Å². The Morgan fingerprint density at radius 1 is 1.39 bits per heavy atom. The second kappa shape index (κ2) is 8.61. The number of pyridine rings is 1. The van der Waals surface area contributed by atoms with E-state index in [2.05, 4.69) is 15.2 Å². The summed E-state index contributed by atoms with van der Waals surface area (Å²) in [5.74, 6) is -0.288. The van der Waals surface area contributed by atoms with Gasteiger partial charge in [-0.05, 0) is 42.7 Å². The third-order valence-corrected chi connectivity index (χ3v) is 6.31. The summed E-state index contributed by atoms with van der Waals surface area (Å²) in [5, 5.41) is 17.5. The number of rotatable bonds is 6. The maximum Gasteiger partial charge on any atom is 0.218 e. The summed E-state index contributed by atoms with van der Waals surface area (Å²) in [6, 6.07) is 7.12. The van der Waals surface area contributed by atoms with Gasteiger partial charge in [-0.25, -0.2) is 0 Å². The van der Waals surface area contributed by atoms with Gasteiger partial charge in [-0.1, -0.05) is 18.5 Å². The maximum atomic E-state index is 14.0. The van der Waals surface area contributed by atoms with Crippen LogP contribution in [0.15, 0.2) is 42.9 Å². The van der Waals surface area contributed by atoms with Crippen molar-refractivity contribution in [2.24, 2.45) is 5.92 Å². The minimum absolute atomic E-state index is 0.0700. The predicted octanol–water partition coefficient (Wildman–Crippen LogP) is 4.42. The average molecular weight is 469 g/mol. The highest BCUT2D eigenvalue weighted by atomic mass is 35.5. The fourth-order valence-corrected chi connectivity index (χ4v) is 4.43. The third-order valence-electron chi connectivity index (χ3n) is 6.08. The number of halogens is 2. The van der Waals surface area contributed by atoms with E-state index in [1.807, 2.05) is 23.6 Å². The van der Waals surface area contributed by atoms with Crippen LogP contribution in [-0.4, -0.2) is 43.3 Å². The Labute approximate surface area is 194 Å². The lowest BCUT2D eigenvalue weighted by Gasteiger charge is -2.24. The van der Waals surface area contributed by atoms with E-state index in [1.54, 1.807) is 24.5 Å². The smallest absolute Gasteiger partial charge is 0.218 e. The van der Waals surface area contributed by atoms with Crippen LogP contribution < -0.4 is 4.74 Å². The molecule has 2 N–H and O–H groups in total. The molecule has 9 heteroatoms. The third kappa shape index (κ3) is 4.00. The molecule has 3 aromatic heterocycles. The molecule has 4 aromatic rings. The zero-order valence-electron chi connectivity index (χ0n) is 17.9. The summed E-state index contributed by atoms with van der Waals surface area (Å²) in [4.78, 5) is 17.9. The van der Waals surface area contributed by atoms with Gasteiger partial charge in [0.25, 0.3) is 0 Å². The van der Waals surface area contributed by atoms with E-state index in [1.165, 1.54) is 6.20 Å². The van der Waals surface area contributed by atoms with Crippen LogP contribution in [0.4, 0.5) is 4.39 Å². The molecule has 0 spiro atoms. The van der Waals surface area contributed by atoms with Crippen LogP contribution in [0.2, 0.25) is 5.02 Å². The molecule has 0 amide bonds. The summed E-state index contributed by atoms with van der Waals surface area (Å²) >= 11 is 6.12. The summed E-state index contributed by atoms with van der Waals surface area (Å²) in [7, 11) is 0. The number of nitrogens with zero attached hydrogens (tertiary/aromatic N) is 3. The van der Waals surface area contributed by atoms with Gasteiger partial charge < -0.3 is 14.4 Å². The monoisotopic (exact) mass is 468 g/mol. The van der Waals surface area contributed by atoms with Crippen molar-refractivity contribution in [2.45, 2.75) is 32.4 Å². The Morgan fingerprint density at radius 2 is 2.24 bits per heavy atom. The van der Waals surface area contributed by atoms with Gasteiger partial charge in [0.1, 0.15) is 5.75 Å². The highest BCUT2D eigenvalue weighted by Crippen LogP contribution is 2.33. The second-order valence-corrected chi connectivity index (χ2v) is 8.71. The fraction of sp³-hybridized carbons (Fsp3) is 0.292. The van der Waals surface area contributed by atoms with Crippen molar-refractivity contribution in [2.75, 3.05) is 6.61 Å². The zero-order valence-corrected chi connectivity index (χ0v) is 18.6. The number of hydrogen-bond donors (Lipinski definition) is 2. The molecule has 1 aromatic carbocycles. The van der Waals surface area contributed by atoms with Gasteiger partial charge in [0, 0.05) is 34.9 Å². The molecule has 0 saturated heterocycles. The van der Waals surface area contributed by atoms with E-state index in [0.717, 1.165) is 11.3 Å². The standard InChI is InChI=1S/C24H22ClFN4O3/c1-2-16(31)10-30-11-19(17-8-27-20(7-21(17)30)18-9-28-29-24(18)26)23(32)14-5-13-6-15(25)3-4-22(13)33-12-14/h3-4,6-9,11,14,16,31H,2,5,10,12H2,1H3,(H,28,29)/t14?,16-/m0/s1. The van der Waals surface area contributed by atoms with Crippen molar-refractivity contribution in [3.8, 4) is 17.0 Å². The molecule has 0 aliphatic carbocycles. The van der Waals surface area contributed by atoms with Gasteiger partial charge in [-0.15, -0.1) is 0 Å². The van der Waals surface area contributed by atoms with E-state index in [9.17, 15) is 14.3 Å². The normalized spacial score (nSPS) is 16.4. The Bertz CT molecular complexity index is 1350. The number of carbonyl (C=O) groups excluding carboxylic acids is 1. The van der Waals surface area contributed by atoms with Crippen LogP contribution >= 0.6 is 11.6 Å². The van der Waals surface area contributed by atoms with E-state index in [-0.39, 0.29) is 23.9 Å². The number of hydrogen-bond acceptors (Lipinski definition) is 5. The van der Waals surface area contributed by atoms with E-state index < -0.39 is 12.1 Å². The maximum absolute atomic E-state index is 14.0. The Hall–Kier alpha value is -3.23. The molecule has 1 aliphatic heterocycles. The van der Waals surface area contributed by atoms with Gasteiger partial charge in [0.15, 0.2) is 5.78 Å². The van der Waals surface area contributed by atoms with Crippen LogP contribution in [0.1, 0.15) is 29.3 Å². The van der Waals surface area contributed by atoms with Crippen LogP contribution in [0.3, 0.4) is 0 Å². The van der Waals surface area contributed by atoms with Crippen molar-refractivity contribution in [1.29, 1.82) is 0 Å². The van der Waals surface area contributed by atoms with Crippen LogP contribution in [0.25, 0.3) is 22.2 Å². The quantitative estimate of drug-likeness (QED) is 0.408. The lowest BCUT2D eigenvalue weighted by Crippen LogP contribution is -2.28. The molecule has 33 heavy (non-hydrogen) atoms. The summed E-state index contributed by atoms with van der Waals surface area (Å²) in [6.45, 7) is 2.46. The number of aromatic amines is 1. The number of ketones is 1. The average Bonchev–Trinajstić information content (AvgIpc) is 3.41. The number of aliphatic hydroxyl groups is 1. The van der Waals surface area contributed by atoms with E-state index >= 15 is 0 Å². The Kier molecular flexibility index (Phi) is 5.64. The topological polar surface area (TPSA) is 93.0 Å². The number of aliphatic hydroxyl groups excluding tert-OH is 1. The number of carbonyl (C=O) groups is 1. The number of fused-ring (bicyclic) bond motifs is 2. The molecule has 0 radical (unpaired) electrons. The van der Waals surface area contributed by atoms with Gasteiger partial charge in [0.2, 0.25) is 5.95 Å². The van der Waals surface area contributed by atoms with Gasteiger partial charge in [-0.3, -0.25) is 14.9 Å². The molecule has 0 saturated carbocycles. The second-order valence-electron chi connectivity index (χ2n) is 8.27. The molecule has 170 valence electrons. The van der Waals surface area contributed by atoms with Crippen molar-refractivity contribution in [3.05, 3.63) is 65.0 Å². The van der Waals surface area contributed by atoms with Crippen molar-refractivity contribution >= 4 is 28.3 Å². The van der Waals surface area contributed by atoms with Gasteiger partial charge in [-0.2, -0.15) is 9.49 Å². The molecule has 5 rings (SSSR count). The zero-order chi connectivity index (χ0) is 23.1. The fourth-order valence-electron chi connectivity index (χ4n) is 4.24. The highest BCUT2D eigenvalue weighted by molar-refractivity contribution is 6.30. The van der Waals surface area contributed by atoms with Crippen LogP contribution in [0.5, 0.6) is 5.75 Å². The molecule has 7 nitrogen and oxygen atoms in total. The number of H-pyrrole nitrogens is 1. The van der Waals surface area contributed by atoms with E-state index in [4.69, 9.17) is 16.3 Å². The Balaban J connectivity index is 1.55. The molecule has 2 atom stereocenters. The molecule has 1 unspecified atom stereocenters. The minimum atomic E-state index is -0.585. The number of benzene rings is 1. The first kappa shape index (κ1) is 21.6. The lowest BCUT2D eigenvalue weighted by molar-refractivity contribution is 0.0856. The lowest BCUT2D eigenvalue weighted by atomic mass is 9.90. The summed E-state index contributed by atoms with van der Waals surface area (Å²) in [5.41, 5.74) is 2.72. The largest absolute Gasteiger partial charge is 0.493 e. The van der Waals surface area contributed by atoms with Gasteiger partial charge in [0.05, 0.1) is 41.6 Å². The predicted molar refractivity (Wildman–Crippen MR) is 122 cm³/mol. The number of ether oxygens (including phenoxy) is 1. The van der Waals surface area contributed by atoms with Crippen molar-refractivity contribution < 1.29 is 19.0 Å². The number of nitrogens with one attached hydrogen (secondary N) is 1. The first-order chi connectivity index (χ1) is 15.9. The molecule has 0 fully saturated rings. The number of Topliss-reactive ketones (excluding diaryl/α,β-unsaturated/α-hetero) is 1. The first-order valence-corrected chi connectivity index (χ1v) is 11.1. The van der Waals surface area contributed by atoms with Crippen molar-refractivity contribution in [3.63, 3.8) is 0 Å². The Morgan fingerprint density at radius 3 is 3.00 bits per heavy atom. The SMILES string of the molecule is CC[C@H](O)Cn1cc(C(=O)C2COc3ccc(Cl)cc3C2)c2cnc(-c3cn[nH]c3F)cc21. The summed E-state index contributed by atoms with van der Waals surface area (Å²) < 4.78 is 21.7. The van der Waals surface area contributed by atoms with Crippen LogP contribution in [-0.2, 0) is 13.0 Å².